The second kappa shape index (κ2) is 3.81. The highest BCUT2D eigenvalue weighted by Gasteiger charge is 2.09. The number of fused-ring (bicyclic) bond motifs is 1. The summed E-state index contributed by atoms with van der Waals surface area (Å²) in [7, 11) is 0. The van der Waals surface area contributed by atoms with E-state index in [-0.39, 0.29) is 0 Å². The summed E-state index contributed by atoms with van der Waals surface area (Å²) in [6.45, 7) is 0. The molecule has 0 bridgehead atoms. The molecule has 2 N–H and O–H groups in total. The monoisotopic (exact) mass is 289 g/mol. The standard InChI is InChI=1S/C11H8BrN5/c12-8-4-7(5-9(13)6-8)10-15-16-11-14-2-1-3-17(10)11/h1-6H,13H2. The van der Waals surface area contributed by atoms with E-state index in [1.165, 1.54) is 0 Å². The molecular formula is C11H8BrN5. The van der Waals surface area contributed by atoms with Gasteiger partial charge in [0.05, 0.1) is 0 Å². The average molecular weight is 290 g/mol. The van der Waals surface area contributed by atoms with Crippen molar-refractivity contribution in [2.75, 3.05) is 5.73 Å². The summed E-state index contributed by atoms with van der Waals surface area (Å²) >= 11 is 3.41. The number of anilines is 1. The summed E-state index contributed by atoms with van der Waals surface area (Å²) in [4.78, 5) is 4.12. The molecule has 0 unspecified atom stereocenters. The molecule has 1 aromatic carbocycles. The van der Waals surface area contributed by atoms with Gasteiger partial charge in [0.25, 0.3) is 5.78 Å². The number of nitrogens with two attached hydrogens (primary N) is 1. The van der Waals surface area contributed by atoms with Gasteiger partial charge in [-0.2, -0.15) is 0 Å². The van der Waals surface area contributed by atoms with E-state index in [4.69, 9.17) is 5.73 Å². The molecule has 0 saturated heterocycles. The normalized spacial score (nSPS) is 10.9. The number of hydrogen-bond acceptors (Lipinski definition) is 4. The highest BCUT2D eigenvalue weighted by atomic mass is 79.9. The Morgan fingerprint density at radius 3 is 2.88 bits per heavy atom. The van der Waals surface area contributed by atoms with Crippen molar-refractivity contribution in [3.8, 4) is 11.4 Å². The Morgan fingerprint density at radius 1 is 1.18 bits per heavy atom. The van der Waals surface area contributed by atoms with Gasteiger partial charge in [-0.25, -0.2) is 4.98 Å². The van der Waals surface area contributed by atoms with Crippen molar-refractivity contribution in [3.63, 3.8) is 0 Å². The first-order chi connectivity index (χ1) is 8.24. The number of hydrogen-bond donors (Lipinski definition) is 1. The average Bonchev–Trinajstić information content (AvgIpc) is 2.71. The van der Waals surface area contributed by atoms with Crippen LogP contribution in [0, 0.1) is 0 Å². The Bertz CT molecular complexity index is 671. The molecule has 3 rings (SSSR count). The third-order valence-corrected chi connectivity index (χ3v) is 2.83. The molecule has 0 aliphatic heterocycles. The zero-order chi connectivity index (χ0) is 11.8. The molecule has 17 heavy (non-hydrogen) atoms. The van der Waals surface area contributed by atoms with Crippen LogP contribution in [0.25, 0.3) is 17.2 Å². The molecule has 0 amide bonds. The van der Waals surface area contributed by atoms with E-state index in [2.05, 4.69) is 31.1 Å². The predicted octanol–water partition coefficient (Wildman–Crippen LogP) is 2.14. The Labute approximate surface area is 105 Å². The maximum absolute atomic E-state index is 5.81. The van der Waals surface area contributed by atoms with Gasteiger partial charge in [0, 0.05) is 28.1 Å². The summed E-state index contributed by atoms with van der Waals surface area (Å²) < 4.78 is 2.73. The number of aromatic nitrogens is 4. The first kappa shape index (κ1) is 10.2. The van der Waals surface area contributed by atoms with Crippen molar-refractivity contribution < 1.29 is 0 Å². The number of rotatable bonds is 1. The molecule has 5 nitrogen and oxygen atoms in total. The van der Waals surface area contributed by atoms with Crippen LogP contribution in [0.5, 0.6) is 0 Å². The largest absolute Gasteiger partial charge is 0.399 e. The quantitative estimate of drug-likeness (QED) is 0.697. The topological polar surface area (TPSA) is 69.1 Å². The van der Waals surface area contributed by atoms with Crippen LogP contribution in [-0.2, 0) is 0 Å². The van der Waals surface area contributed by atoms with Crippen molar-refractivity contribution >= 4 is 27.4 Å². The van der Waals surface area contributed by atoms with E-state index < -0.39 is 0 Å². The van der Waals surface area contributed by atoms with Crippen molar-refractivity contribution in [2.24, 2.45) is 0 Å². The zero-order valence-electron chi connectivity index (χ0n) is 8.71. The number of nitrogens with zero attached hydrogens (tertiary/aromatic N) is 4. The van der Waals surface area contributed by atoms with Crippen molar-refractivity contribution in [1.82, 2.24) is 19.6 Å². The third kappa shape index (κ3) is 1.76. The Balaban J connectivity index is 2.27. The second-order valence-corrected chi connectivity index (χ2v) is 4.50. The smallest absolute Gasteiger partial charge is 0.255 e. The summed E-state index contributed by atoms with van der Waals surface area (Å²) in [6, 6.07) is 7.47. The van der Waals surface area contributed by atoms with E-state index in [1.54, 1.807) is 6.20 Å². The highest BCUT2D eigenvalue weighted by molar-refractivity contribution is 9.10. The summed E-state index contributed by atoms with van der Waals surface area (Å²) in [5, 5.41) is 8.12. The lowest BCUT2D eigenvalue weighted by molar-refractivity contribution is 1.10. The molecule has 0 fully saturated rings. The third-order valence-electron chi connectivity index (χ3n) is 2.37. The molecule has 0 aliphatic carbocycles. The van der Waals surface area contributed by atoms with Crippen molar-refractivity contribution in [2.45, 2.75) is 0 Å². The number of nitrogen functional groups attached to an aromatic ring is 1. The first-order valence-corrected chi connectivity index (χ1v) is 5.75. The van der Waals surface area contributed by atoms with Crippen LogP contribution in [0.3, 0.4) is 0 Å². The molecule has 2 heterocycles. The van der Waals surface area contributed by atoms with E-state index in [9.17, 15) is 0 Å². The lowest BCUT2D eigenvalue weighted by Gasteiger charge is -2.02. The minimum absolute atomic E-state index is 0.570. The first-order valence-electron chi connectivity index (χ1n) is 4.96. The van der Waals surface area contributed by atoms with Gasteiger partial charge < -0.3 is 5.73 Å². The summed E-state index contributed by atoms with van der Waals surface area (Å²) in [5.74, 6) is 1.29. The summed E-state index contributed by atoms with van der Waals surface area (Å²) in [6.07, 6.45) is 3.55. The highest BCUT2D eigenvalue weighted by Crippen LogP contribution is 2.24. The molecule has 84 valence electrons. The molecule has 0 aliphatic rings. The van der Waals surface area contributed by atoms with Crippen molar-refractivity contribution in [3.05, 3.63) is 41.1 Å². The van der Waals surface area contributed by atoms with Gasteiger partial charge >= 0.3 is 0 Å². The zero-order valence-corrected chi connectivity index (χ0v) is 10.3. The fraction of sp³-hybridized carbons (Fsp3) is 0. The molecule has 0 radical (unpaired) electrons. The second-order valence-electron chi connectivity index (χ2n) is 3.59. The number of benzene rings is 1. The summed E-state index contributed by atoms with van der Waals surface area (Å²) in [5.41, 5.74) is 7.38. The van der Waals surface area contributed by atoms with E-state index in [0.717, 1.165) is 15.9 Å². The van der Waals surface area contributed by atoms with Crippen LogP contribution in [-0.4, -0.2) is 19.6 Å². The van der Waals surface area contributed by atoms with E-state index in [0.29, 0.717) is 11.5 Å². The van der Waals surface area contributed by atoms with Gasteiger partial charge in [0.15, 0.2) is 5.82 Å². The molecule has 0 saturated carbocycles. The molecule has 0 spiro atoms. The van der Waals surface area contributed by atoms with Crippen LogP contribution in [0.1, 0.15) is 0 Å². The van der Waals surface area contributed by atoms with Crippen LogP contribution in [0.4, 0.5) is 5.69 Å². The van der Waals surface area contributed by atoms with Crippen LogP contribution in [0.15, 0.2) is 41.1 Å². The van der Waals surface area contributed by atoms with Gasteiger partial charge in [-0.3, -0.25) is 4.40 Å². The van der Waals surface area contributed by atoms with Gasteiger partial charge in [-0.1, -0.05) is 15.9 Å². The minimum Gasteiger partial charge on any atom is -0.399 e. The molecule has 0 atom stereocenters. The van der Waals surface area contributed by atoms with Gasteiger partial charge in [0.2, 0.25) is 0 Å². The van der Waals surface area contributed by atoms with Gasteiger partial charge in [-0.05, 0) is 24.3 Å². The van der Waals surface area contributed by atoms with Crippen molar-refractivity contribution in [1.29, 1.82) is 0 Å². The lowest BCUT2D eigenvalue weighted by atomic mass is 10.2. The SMILES string of the molecule is Nc1cc(Br)cc(-c2nnc3ncccn23)c1. The maximum atomic E-state index is 5.81. The van der Waals surface area contributed by atoms with E-state index in [1.807, 2.05) is 34.9 Å². The molecular weight excluding hydrogens is 282 g/mol. The Kier molecular flexibility index (Phi) is 2.29. The fourth-order valence-electron chi connectivity index (χ4n) is 1.68. The van der Waals surface area contributed by atoms with Crippen LogP contribution < -0.4 is 5.73 Å². The van der Waals surface area contributed by atoms with Gasteiger partial charge in [0.1, 0.15) is 0 Å². The minimum atomic E-state index is 0.570. The predicted molar refractivity (Wildman–Crippen MR) is 68.3 cm³/mol. The maximum Gasteiger partial charge on any atom is 0.255 e. The number of halogens is 1. The fourth-order valence-corrected chi connectivity index (χ4v) is 2.19. The van der Waals surface area contributed by atoms with Gasteiger partial charge in [-0.15, -0.1) is 10.2 Å². The molecule has 6 heteroatoms. The van der Waals surface area contributed by atoms with Crippen LogP contribution >= 0.6 is 15.9 Å². The Hall–Kier alpha value is -1.95. The van der Waals surface area contributed by atoms with Crippen LogP contribution in [0.2, 0.25) is 0 Å². The van der Waals surface area contributed by atoms with E-state index >= 15 is 0 Å². The molecule has 3 aromatic rings. The molecule has 2 aromatic heterocycles. The Morgan fingerprint density at radius 2 is 2.06 bits per heavy atom. The lowest BCUT2D eigenvalue weighted by Crippen LogP contribution is -1.92.